The second-order valence-electron chi connectivity index (χ2n) is 4.34. The van der Waals surface area contributed by atoms with Crippen molar-refractivity contribution in [2.45, 2.75) is 19.6 Å². The van der Waals surface area contributed by atoms with Crippen LogP contribution in [-0.4, -0.2) is 30.5 Å². The summed E-state index contributed by atoms with van der Waals surface area (Å²) >= 11 is 0. The van der Waals surface area contributed by atoms with Gasteiger partial charge in [0.2, 0.25) is 0 Å². The first-order chi connectivity index (χ1) is 8.19. The average molecular weight is 259 g/mol. The van der Waals surface area contributed by atoms with Crippen molar-refractivity contribution in [3.63, 3.8) is 0 Å². The highest BCUT2D eigenvalue weighted by Crippen LogP contribution is 2.18. The largest absolute Gasteiger partial charge is 0.401 e. The molecule has 0 fully saturated rings. The maximum Gasteiger partial charge on any atom is 0.401 e. The van der Waals surface area contributed by atoms with Crippen LogP contribution >= 0.6 is 0 Å². The Morgan fingerprint density at radius 3 is 2.44 bits per heavy atom. The van der Waals surface area contributed by atoms with Gasteiger partial charge in [0.15, 0.2) is 0 Å². The Morgan fingerprint density at radius 2 is 2.00 bits per heavy atom. The third kappa shape index (κ3) is 4.37. The number of hydrogen-bond acceptors (Lipinski definition) is 2. The predicted molar refractivity (Wildman–Crippen MR) is 64.6 cm³/mol. The molecule has 0 aromatic heterocycles. The molecule has 0 amide bonds. The standard InChI is InChI=1S/C12H16F3N3/c1-8-5-9(11(16)17)3-4-10(8)6-18(2)7-12(13,14)15/h3-5H,6-7H2,1-2H3,(H3,16,17). The van der Waals surface area contributed by atoms with Crippen LogP contribution < -0.4 is 5.73 Å². The number of amidine groups is 1. The van der Waals surface area contributed by atoms with Crippen LogP contribution in [0.5, 0.6) is 0 Å². The van der Waals surface area contributed by atoms with E-state index in [1.54, 1.807) is 25.1 Å². The van der Waals surface area contributed by atoms with Gasteiger partial charge in [-0.1, -0.05) is 12.1 Å². The Bertz CT molecular complexity index is 441. The fourth-order valence-corrected chi connectivity index (χ4v) is 1.69. The maximum atomic E-state index is 12.2. The zero-order valence-corrected chi connectivity index (χ0v) is 10.3. The van der Waals surface area contributed by atoms with Gasteiger partial charge in [0, 0.05) is 12.1 Å². The molecule has 100 valence electrons. The van der Waals surface area contributed by atoms with Gasteiger partial charge < -0.3 is 5.73 Å². The predicted octanol–water partition coefficient (Wildman–Crippen LogP) is 2.27. The number of hydrogen-bond donors (Lipinski definition) is 2. The van der Waals surface area contributed by atoms with Gasteiger partial charge in [0.1, 0.15) is 5.84 Å². The van der Waals surface area contributed by atoms with Crippen LogP contribution in [0, 0.1) is 12.3 Å². The van der Waals surface area contributed by atoms with Gasteiger partial charge >= 0.3 is 6.18 Å². The number of halogens is 3. The lowest BCUT2D eigenvalue weighted by molar-refractivity contribution is -0.144. The number of nitrogens with zero attached hydrogens (tertiary/aromatic N) is 1. The van der Waals surface area contributed by atoms with E-state index in [-0.39, 0.29) is 12.4 Å². The normalized spacial score (nSPS) is 11.9. The molecule has 3 nitrogen and oxygen atoms in total. The van der Waals surface area contributed by atoms with E-state index in [2.05, 4.69) is 0 Å². The summed E-state index contributed by atoms with van der Waals surface area (Å²) in [5.74, 6) is -0.0479. The lowest BCUT2D eigenvalue weighted by atomic mass is 10.0. The molecule has 3 N–H and O–H groups in total. The van der Waals surface area contributed by atoms with E-state index in [1.807, 2.05) is 0 Å². The minimum atomic E-state index is -4.19. The fourth-order valence-electron chi connectivity index (χ4n) is 1.69. The minimum absolute atomic E-state index is 0.0479. The Balaban J connectivity index is 2.77. The summed E-state index contributed by atoms with van der Waals surface area (Å²) in [6.07, 6.45) is -4.19. The van der Waals surface area contributed by atoms with Crippen molar-refractivity contribution in [1.82, 2.24) is 4.90 Å². The average Bonchev–Trinajstić information content (AvgIpc) is 2.17. The van der Waals surface area contributed by atoms with Gasteiger partial charge in [-0.15, -0.1) is 0 Å². The Hall–Kier alpha value is -1.56. The number of aryl methyl sites for hydroxylation is 1. The molecule has 0 aliphatic rings. The minimum Gasteiger partial charge on any atom is -0.384 e. The van der Waals surface area contributed by atoms with E-state index in [9.17, 15) is 13.2 Å². The van der Waals surface area contributed by atoms with Gasteiger partial charge in [0.25, 0.3) is 0 Å². The first-order valence-corrected chi connectivity index (χ1v) is 5.38. The zero-order chi connectivity index (χ0) is 13.9. The second kappa shape index (κ2) is 5.39. The van der Waals surface area contributed by atoms with Crippen molar-refractivity contribution in [3.05, 3.63) is 34.9 Å². The highest BCUT2D eigenvalue weighted by atomic mass is 19.4. The number of benzene rings is 1. The molecule has 1 rings (SSSR count). The van der Waals surface area contributed by atoms with Crippen LogP contribution in [-0.2, 0) is 6.54 Å². The molecule has 0 aliphatic heterocycles. The lowest BCUT2D eigenvalue weighted by Crippen LogP contribution is -2.30. The number of nitrogens with two attached hydrogens (primary N) is 1. The number of nitrogens with one attached hydrogen (secondary N) is 1. The molecule has 0 saturated heterocycles. The van der Waals surface area contributed by atoms with Crippen LogP contribution in [0.3, 0.4) is 0 Å². The van der Waals surface area contributed by atoms with E-state index >= 15 is 0 Å². The van der Waals surface area contributed by atoms with Crippen LogP contribution in [0.25, 0.3) is 0 Å². The smallest absolute Gasteiger partial charge is 0.384 e. The molecule has 0 spiro atoms. The summed E-state index contributed by atoms with van der Waals surface area (Å²) in [4.78, 5) is 1.20. The van der Waals surface area contributed by atoms with Crippen LogP contribution in [0.2, 0.25) is 0 Å². The van der Waals surface area contributed by atoms with Crippen molar-refractivity contribution < 1.29 is 13.2 Å². The van der Waals surface area contributed by atoms with Gasteiger partial charge in [0.05, 0.1) is 6.54 Å². The topological polar surface area (TPSA) is 53.1 Å². The van der Waals surface area contributed by atoms with E-state index in [0.29, 0.717) is 5.56 Å². The van der Waals surface area contributed by atoms with Crippen LogP contribution in [0.4, 0.5) is 13.2 Å². The molecule has 0 heterocycles. The van der Waals surface area contributed by atoms with Crippen LogP contribution in [0.1, 0.15) is 16.7 Å². The molecule has 0 bridgehead atoms. The molecule has 0 unspecified atom stereocenters. The van der Waals surface area contributed by atoms with Gasteiger partial charge in [-0.25, -0.2) is 0 Å². The molecule has 0 atom stereocenters. The summed E-state index contributed by atoms with van der Waals surface area (Å²) in [5.41, 5.74) is 7.55. The van der Waals surface area contributed by atoms with Gasteiger partial charge in [-0.2, -0.15) is 13.2 Å². The van der Waals surface area contributed by atoms with Crippen molar-refractivity contribution in [3.8, 4) is 0 Å². The third-order valence-corrected chi connectivity index (χ3v) is 2.54. The first-order valence-electron chi connectivity index (χ1n) is 5.38. The molecule has 1 aromatic carbocycles. The number of alkyl halides is 3. The molecule has 1 aromatic rings. The quantitative estimate of drug-likeness (QED) is 0.643. The summed E-state index contributed by atoms with van der Waals surface area (Å²) in [5, 5.41) is 7.28. The summed E-state index contributed by atoms with van der Waals surface area (Å²) < 4.78 is 36.6. The van der Waals surface area contributed by atoms with E-state index in [1.165, 1.54) is 11.9 Å². The molecule has 0 aliphatic carbocycles. The maximum absolute atomic E-state index is 12.2. The van der Waals surface area contributed by atoms with Crippen LogP contribution in [0.15, 0.2) is 18.2 Å². The third-order valence-electron chi connectivity index (χ3n) is 2.54. The Kier molecular flexibility index (Phi) is 4.34. The fraction of sp³-hybridized carbons (Fsp3) is 0.417. The molecule has 0 radical (unpaired) electrons. The molecular weight excluding hydrogens is 243 g/mol. The highest BCUT2D eigenvalue weighted by molar-refractivity contribution is 5.95. The Labute approximate surface area is 104 Å². The second-order valence-corrected chi connectivity index (χ2v) is 4.34. The number of nitrogen functional groups attached to an aromatic ring is 1. The molecular formula is C12H16F3N3. The van der Waals surface area contributed by atoms with Gasteiger partial charge in [-0.05, 0) is 31.2 Å². The Morgan fingerprint density at radius 1 is 1.39 bits per heavy atom. The highest BCUT2D eigenvalue weighted by Gasteiger charge is 2.29. The SMILES string of the molecule is Cc1cc(C(=N)N)ccc1CN(C)CC(F)(F)F. The van der Waals surface area contributed by atoms with Gasteiger partial charge in [-0.3, -0.25) is 10.3 Å². The monoisotopic (exact) mass is 259 g/mol. The summed E-state index contributed by atoms with van der Waals surface area (Å²) in [6, 6.07) is 5.06. The van der Waals surface area contributed by atoms with Crippen molar-refractivity contribution >= 4 is 5.84 Å². The zero-order valence-electron chi connectivity index (χ0n) is 10.3. The lowest BCUT2D eigenvalue weighted by Gasteiger charge is -2.19. The summed E-state index contributed by atoms with van der Waals surface area (Å²) in [6.45, 7) is 1.06. The molecule has 18 heavy (non-hydrogen) atoms. The van der Waals surface area contributed by atoms with Crippen molar-refractivity contribution in [2.24, 2.45) is 5.73 Å². The van der Waals surface area contributed by atoms with E-state index in [0.717, 1.165) is 11.1 Å². The van der Waals surface area contributed by atoms with Crippen molar-refractivity contribution in [2.75, 3.05) is 13.6 Å². The summed E-state index contributed by atoms with van der Waals surface area (Å²) in [7, 11) is 1.42. The van der Waals surface area contributed by atoms with Crippen molar-refractivity contribution in [1.29, 1.82) is 5.41 Å². The molecule has 6 heteroatoms. The van der Waals surface area contributed by atoms with E-state index < -0.39 is 12.7 Å². The molecule has 0 saturated carbocycles. The van der Waals surface area contributed by atoms with E-state index in [4.69, 9.17) is 11.1 Å². The number of rotatable bonds is 4. The first kappa shape index (κ1) is 14.5.